The number of thiophene rings is 1. The Hall–Kier alpha value is -3.81. The first-order valence-corrected chi connectivity index (χ1v) is 13.1. The highest BCUT2D eigenvalue weighted by molar-refractivity contribution is 7.22. The second-order valence-corrected chi connectivity index (χ2v) is 10.2. The van der Waals surface area contributed by atoms with Gasteiger partial charge in [0, 0.05) is 19.2 Å². The van der Waals surface area contributed by atoms with Gasteiger partial charge in [-0.2, -0.15) is 0 Å². The summed E-state index contributed by atoms with van der Waals surface area (Å²) in [6.45, 7) is 1.57. The molecule has 0 spiro atoms. The second kappa shape index (κ2) is 10.8. The summed E-state index contributed by atoms with van der Waals surface area (Å²) < 4.78 is 33.5. The largest absolute Gasteiger partial charge is 0.496 e. The highest BCUT2D eigenvalue weighted by Gasteiger charge is 2.35. The zero-order valence-electron chi connectivity index (χ0n) is 21.5. The van der Waals surface area contributed by atoms with E-state index in [1.165, 1.54) is 47.2 Å². The van der Waals surface area contributed by atoms with E-state index in [9.17, 15) is 23.9 Å². The van der Waals surface area contributed by atoms with Gasteiger partial charge in [-0.3, -0.25) is 14.2 Å². The molecule has 39 heavy (non-hydrogen) atoms. The first-order valence-electron chi connectivity index (χ1n) is 12.3. The molecule has 4 heterocycles. The molecule has 0 aliphatic carbocycles. The summed E-state index contributed by atoms with van der Waals surface area (Å²) in [5.41, 5.74) is -0.404. The number of ether oxygens (including phenoxy) is 2. The first-order chi connectivity index (χ1) is 18.8. The van der Waals surface area contributed by atoms with Gasteiger partial charge in [0.25, 0.3) is 5.56 Å². The van der Waals surface area contributed by atoms with E-state index in [1.54, 1.807) is 14.0 Å². The minimum atomic E-state index is -0.962. The van der Waals surface area contributed by atoms with Crippen molar-refractivity contribution < 1.29 is 28.2 Å². The number of oxazole rings is 1. The van der Waals surface area contributed by atoms with E-state index in [0.717, 1.165) is 15.9 Å². The van der Waals surface area contributed by atoms with E-state index in [-0.39, 0.29) is 36.9 Å². The number of aliphatic hydroxyl groups excluding tert-OH is 1. The van der Waals surface area contributed by atoms with Crippen molar-refractivity contribution in [2.45, 2.75) is 32.0 Å². The van der Waals surface area contributed by atoms with Crippen LogP contribution >= 0.6 is 11.3 Å². The van der Waals surface area contributed by atoms with Gasteiger partial charge in [0.15, 0.2) is 0 Å². The molecular formula is C26H27FN4O7S. The normalized spacial score (nSPS) is 16.4. The maximum atomic E-state index is 14.3. The van der Waals surface area contributed by atoms with Crippen LogP contribution in [0.3, 0.4) is 0 Å². The number of fused-ring (bicyclic) bond motifs is 1. The number of hydrogen-bond acceptors (Lipinski definition) is 9. The molecule has 1 unspecified atom stereocenters. The Balaban J connectivity index is 1.77. The zero-order chi connectivity index (χ0) is 27.8. The number of aromatic nitrogens is 3. The van der Waals surface area contributed by atoms with E-state index < -0.39 is 29.2 Å². The summed E-state index contributed by atoms with van der Waals surface area (Å²) in [4.78, 5) is 47.3. The molecule has 1 aromatic carbocycles. The Morgan fingerprint density at radius 2 is 2.10 bits per heavy atom. The molecule has 0 radical (unpaired) electrons. The lowest BCUT2D eigenvalue weighted by Gasteiger charge is -2.23. The third kappa shape index (κ3) is 4.66. The summed E-state index contributed by atoms with van der Waals surface area (Å²) in [6.07, 6.45) is 2.25. The van der Waals surface area contributed by atoms with Crippen molar-refractivity contribution in [2.24, 2.45) is 0 Å². The smallest absolute Gasteiger partial charge is 0.332 e. The Morgan fingerprint density at radius 1 is 1.31 bits per heavy atom. The minimum Gasteiger partial charge on any atom is -0.496 e. The molecular weight excluding hydrogens is 531 g/mol. The quantitative estimate of drug-likeness (QED) is 0.332. The molecule has 1 N–H and O–H groups in total. The number of likely N-dealkylation sites (N-methyl/N-ethyl adjacent to an activating group) is 1. The van der Waals surface area contributed by atoms with Gasteiger partial charge in [-0.1, -0.05) is 0 Å². The van der Waals surface area contributed by atoms with Crippen LogP contribution in [0.4, 0.5) is 4.39 Å². The molecule has 1 fully saturated rings. The summed E-state index contributed by atoms with van der Waals surface area (Å²) in [5, 5.41) is 9.71. The van der Waals surface area contributed by atoms with Crippen LogP contribution in [0.25, 0.3) is 21.0 Å². The topological polar surface area (TPSA) is 129 Å². The lowest BCUT2D eigenvalue weighted by molar-refractivity contribution is -0.129. The Morgan fingerprint density at radius 3 is 2.74 bits per heavy atom. The number of rotatable bonds is 9. The molecule has 1 amide bonds. The SMILES string of the molecule is COc1ccc(F)cc1[C@H](Cn1c(=O)n(C2CCN(C)C2=O)c(=O)c2c(C)c(-c3ncco3)sc21)OCCO. The lowest BCUT2D eigenvalue weighted by atomic mass is 10.1. The van der Waals surface area contributed by atoms with Crippen LogP contribution < -0.4 is 16.0 Å². The molecule has 206 valence electrons. The van der Waals surface area contributed by atoms with E-state index in [0.29, 0.717) is 39.5 Å². The van der Waals surface area contributed by atoms with Crippen molar-refractivity contribution >= 4 is 27.5 Å². The van der Waals surface area contributed by atoms with Crippen LogP contribution in [0, 0.1) is 12.7 Å². The van der Waals surface area contributed by atoms with Gasteiger partial charge in [-0.05, 0) is 37.1 Å². The van der Waals surface area contributed by atoms with E-state index in [4.69, 9.17) is 13.9 Å². The Labute approximate surface area is 225 Å². The average molecular weight is 559 g/mol. The van der Waals surface area contributed by atoms with Crippen LogP contribution in [0.2, 0.25) is 0 Å². The van der Waals surface area contributed by atoms with Gasteiger partial charge in [-0.15, -0.1) is 11.3 Å². The summed E-state index contributed by atoms with van der Waals surface area (Å²) in [6, 6.07) is 2.97. The number of benzene rings is 1. The predicted molar refractivity (Wildman–Crippen MR) is 141 cm³/mol. The van der Waals surface area contributed by atoms with Gasteiger partial charge in [-0.25, -0.2) is 18.7 Å². The highest BCUT2D eigenvalue weighted by Crippen LogP contribution is 2.37. The number of aliphatic hydroxyl groups is 1. The number of likely N-dealkylation sites (tertiary alicyclic amines) is 1. The van der Waals surface area contributed by atoms with Crippen LogP contribution in [0.5, 0.6) is 5.75 Å². The van der Waals surface area contributed by atoms with Gasteiger partial charge in [0.05, 0.1) is 43.3 Å². The van der Waals surface area contributed by atoms with Crippen LogP contribution in [-0.2, 0) is 16.1 Å². The van der Waals surface area contributed by atoms with Crippen molar-refractivity contribution in [3.8, 4) is 16.5 Å². The number of carbonyl (C=O) groups is 1. The number of hydrogen-bond donors (Lipinski definition) is 1. The molecule has 0 bridgehead atoms. The van der Waals surface area contributed by atoms with Crippen molar-refractivity contribution in [2.75, 3.05) is 33.9 Å². The molecule has 5 rings (SSSR count). The fourth-order valence-corrected chi connectivity index (χ4v) is 6.18. The van der Waals surface area contributed by atoms with E-state index >= 15 is 0 Å². The van der Waals surface area contributed by atoms with Crippen LogP contribution in [0.1, 0.15) is 29.7 Å². The lowest BCUT2D eigenvalue weighted by Crippen LogP contribution is -2.44. The molecule has 1 saturated heterocycles. The Bertz CT molecular complexity index is 1640. The number of amides is 1. The number of carbonyl (C=O) groups excluding carboxylic acids is 1. The standard InChI is InChI=1S/C26H27FN4O7S/c1-14-20-24(34)31(17-6-8-29(2)23(17)33)26(35)30(25(20)39-21(14)22-28-7-10-38-22)13-19(37-11-9-32)16-12-15(27)4-5-18(16)36-3/h4-5,7,10,12,17,19,32H,6,8-9,11,13H2,1-3H3/t17?,19-/m0/s1. The van der Waals surface area contributed by atoms with Crippen LogP contribution in [-0.4, -0.2) is 63.9 Å². The monoisotopic (exact) mass is 558 g/mol. The maximum Gasteiger partial charge on any atom is 0.332 e. The summed E-state index contributed by atoms with van der Waals surface area (Å²) >= 11 is 1.15. The third-order valence-electron chi connectivity index (χ3n) is 6.88. The van der Waals surface area contributed by atoms with Crippen molar-refractivity contribution in [3.63, 3.8) is 0 Å². The van der Waals surface area contributed by atoms with Crippen molar-refractivity contribution in [1.82, 2.24) is 19.0 Å². The van der Waals surface area contributed by atoms with Crippen LogP contribution in [0.15, 0.2) is 44.7 Å². The van der Waals surface area contributed by atoms with Crippen molar-refractivity contribution in [1.29, 1.82) is 0 Å². The summed E-state index contributed by atoms with van der Waals surface area (Å²) in [7, 11) is 3.05. The van der Waals surface area contributed by atoms with E-state index in [2.05, 4.69) is 4.98 Å². The predicted octanol–water partition coefficient (Wildman–Crippen LogP) is 2.49. The van der Waals surface area contributed by atoms with Crippen molar-refractivity contribution in [3.05, 3.63) is 68.4 Å². The van der Waals surface area contributed by atoms with Gasteiger partial charge in [0.2, 0.25) is 11.8 Å². The highest BCUT2D eigenvalue weighted by atomic mass is 32.1. The minimum absolute atomic E-state index is 0.0984. The fraction of sp³-hybridized carbons (Fsp3) is 0.385. The van der Waals surface area contributed by atoms with Gasteiger partial charge < -0.3 is 23.9 Å². The second-order valence-electron chi connectivity index (χ2n) is 9.18. The molecule has 3 aromatic heterocycles. The average Bonchev–Trinajstić information content (AvgIpc) is 3.65. The molecule has 1 aliphatic rings. The number of halogens is 1. The fourth-order valence-electron chi connectivity index (χ4n) is 4.94. The third-order valence-corrected chi connectivity index (χ3v) is 8.18. The molecule has 4 aromatic rings. The number of aryl methyl sites for hydroxylation is 1. The summed E-state index contributed by atoms with van der Waals surface area (Å²) in [5.74, 6) is -0.257. The molecule has 13 heteroatoms. The van der Waals surface area contributed by atoms with Gasteiger partial charge >= 0.3 is 5.69 Å². The zero-order valence-corrected chi connectivity index (χ0v) is 22.4. The molecule has 0 saturated carbocycles. The number of methoxy groups -OCH3 is 1. The van der Waals surface area contributed by atoms with E-state index in [1.807, 2.05) is 0 Å². The first kappa shape index (κ1) is 26.8. The maximum absolute atomic E-state index is 14.3. The Kier molecular flexibility index (Phi) is 7.38. The molecule has 1 aliphatic heterocycles. The number of nitrogens with zero attached hydrogens (tertiary/aromatic N) is 4. The van der Waals surface area contributed by atoms with Gasteiger partial charge in [0.1, 0.15) is 34.8 Å². The molecule has 2 atom stereocenters. The molecule has 11 nitrogen and oxygen atoms in total.